The highest BCUT2D eigenvalue weighted by Crippen LogP contribution is 2.33. The van der Waals surface area contributed by atoms with Crippen LogP contribution in [0.3, 0.4) is 0 Å². The first-order valence-electron chi connectivity index (χ1n) is 6.49. The molecule has 1 aromatic carbocycles. The number of amides is 1. The van der Waals surface area contributed by atoms with Crippen LogP contribution in [0.2, 0.25) is 0 Å². The van der Waals surface area contributed by atoms with Gasteiger partial charge in [-0.2, -0.15) is 18.3 Å². The Kier molecular flexibility index (Phi) is 4.51. The van der Waals surface area contributed by atoms with Gasteiger partial charge in [0.05, 0.1) is 24.1 Å². The van der Waals surface area contributed by atoms with Crippen LogP contribution in [0.25, 0.3) is 5.69 Å². The van der Waals surface area contributed by atoms with Gasteiger partial charge in [0.1, 0.15) is 0 Å². The zero-order valence-electron chi connectivity index (χ0n) is 11.9. The number of alkyl halides is 3. The van der Waals surface area contributed by atoms with Crippen molar-refractivity contribution < 1.29 is 22.8 Å². The normalized spacial score (nSPS) is 11.5. The van der Waals surface area contributed by atoms with Gasteiger partial charge >= 0.3 is 6.18 Å². The molecule has 0 atom stereocenters. The molecule has 0 aliphatic rings. The maximum atomic E-state index is 13.3. The van der Waals surface area contributed by atoms with E-state index in [1.807, 2.05) is 12.4 Å². The lowest BCUT2D eigenvalue weighted by Crippen LogP contribution is -2.26. The molecule has 0 radical (unpaired) electrons. The van der Waals surface area contributed by atoms with Gasteiger partial charge < -0.3 is 0 Å². The predicted octanol–water partition coefficient (Wildman–Crippen LogP) is 2.88. The molecule has 0 saturated heterocycles. The molecular formula is C14H14F3N3O2. The summed E-state index contributed by atoms with van der Waals surface area (Å²) in [5.74, 6) is -0.993. The van der Waals surface area contributed by atoms with Crippen molar-refractivity contribution in [2.45, 2.75) is 20.0 Å². The van der Waals surface area contributed by atoms with Crippen molar-refractivity contribution in [2.24, 2.45) is 0 Å². The van der Waals surface area contributed by atoms with E-state index in [4.69, 9.17) is 0 Å². The molecule has 0 aliphatic heterocycles. The first kappa shape index (κ1) is 16.0. The Balaban J connectivity index is 2.50. The average Bonchev–Trinajstić information content (AvgIpc) is 2.90. The summed E-state index contributed by atoms with van der Waals surface area (Å²) in [4.78, 5) is 16.4. The molecule has 22 heavy (non-hydrogen) atoms. The first-order valence-corrected chi connectivity index (χ1v) is 6.49. The average molecular weight is 313 g/mol. The Labute approximate surface area is 124 Å². The van der Waals surface area contributed by atoms with Crippen LogP contribution in [0.4, 0.5) is 13.2 Å². The molecule has 1 N–H and O–H groups in total. The van der Waals surface area contributed by atoms with Crippen molar-refractivity contribution >= 4 is 5.91 Å². The molecule has 0 spiro atoms. The van der Waals surface area contributed by atoms with E-state index in [1.165, 1.54) is 12.1 Å². The van der Waals surface area contributed by atoms with Crippen LogP contribution in [0, 0.1) is 6.92 Å². The summed E-state index contributed by atoms with van der Waals surface area (Å²) in [5, 5.41) is 3.69. The van der Waals surface area contributed by atoms with Crippen LogP contribution in [-0.2, 0) is 11.0 Å². The monoisotopic (exact) mass is 313 g/mol. The molecule has 1 aromatic heterocycles. The highest BCUT2D eigenvalue weighted by Gasteiger charge is 2.40. The zero-order valence-corrected chi connectivity index (χ0v) is 11.9. The molecule has 5 nitrogen and oxygen atoms in total. The number of benzene rings is 1. The lowest BCUT2D eigenvalue weighted by molar-refractivity contribution is -0.143. The third-order valence-electron chi connectivity index (χ3n) is 2.87. The lowest BCUT2D eigenvalue weighted by atomic mass is 10.2. The van der Waals surface area contributed by atoms with Gasteiger partial charge in [-0.15, -0.1) is 0 Å². The number of rotatable bonds is 4. The zero-order chi connectivity index (χ0) is 16.3. The highest BCUT2D eigenvalue weighted by atomic mass is 19.4. The van der Waals surface area contributed by atoms with Crippen molar-refractivity contribution in [1.82, 2.24) is 15.3 Å². The van der Waals surface area contributed by atoms with Gasteiger partial charge in [-0.3, -0.25) is 9.63 Å². The number of carbonyl (C=O) groups is 1. The number of nitrogens with zero attached hydrogens (tertiary/aromatic N) is 2. The quantitative estimate of drug-likeness (QED) is 0.883. The Bertz CT molecular complexity index is 663. The summed E-state index contributed by atoms with van der Waals surface area (Å²) >= 11 is 0. The Morgan fingerprint density at radius 2 is 1.95 bits per heavy atom. The summed E-state index contributed by atoms with van der Waals surface area (Å²) in [5.41, 5.74) is 1.32. The second-order valence-corrected chi connectivity index (χ2v) is 4.52. The number of aromatic nitrogens is 2. The van der Waals surface area contributed by atoms with E-state index in [-0.39, 0.29) is 12.3 Å². The molecule has 1 heterocycles. The van der Waals surface area contributed by atoms with Gasteiger partial charge in [0.25, 0.3) is 5.91 Å². The largest absolute Gasteiger partial charge is 0.434 e. The van der Waals surface area contributed by atoms with Crippen LogP contribution in [0.5, 0.6) is 0 Å². The molecule has 0 aliphatic carbocycles. The highest BCUT2D eigenvalue weighted by molar-refractivity contribution is 5.94. The molecule has 118 valence electrons. The van der Waals surface area contributed by atoms with E-state index < -0.39 is 23.3 Å². The smallest absolute Gasteiger partial charge is 0.274 e. The Morgan fingerprint density at radius 1 is 1.32 bits per heavy atom. The standard InChI is InChI=1S/C14H14F3N3O2/c1-3-22-19-13(21)11-8-18-20(12(11)14(15,16)17)10-6-4-9(2)5-7-10/h4-8H,3H2,1-2H3,(H,19,21). The number of nitrogens with one attached hydrogen (secondary N) is 1. The number of hydrogen-bond acceptors (Lipinski definition) is 3. The van der Waals surface area contributed by atoms with Gasteiger partial charge in [0.2, 0.25) is 0 Å². The minimum absolute atomic E-state index is 0.138. The number of aryl methyl sites for hydroxylation is 1. The molecule has 0 bridgehead atoms. The molecule has 2 aromatic rings. The van der Waals surface area contributed by atoms with E-state index in [0.29, 0.717) is 4.68 Å². The fourth-order valence-electron chi connectivity index (χ4n) is 1.86. The number of hydroxylamine groups is 1. The minimum Gasteiger partial charge on any atom is -0.274 e. The van der Waals surface area contributed by atoms with Crippen molar-refractivity contribution in [1.29, 1.82) is 0 Å². The molecule has 0 fully saturated rings. The van der Waals surface area contributed by atoms with E-state index in [2.05, 4.69) is 9.94 Å². The summed E-state index contributed by atoms with van der Waals surface area (Å²) in [6.45, 7) is 3.55. The Morgan fingerprint density at radius 3 is 2.50 bits per heavy atom. The number of hydrogen-bond donors (Lipinski definition) is 1. The fourth-order valence-corrected chi connectivity index (χ4v) is 1.86. The summed E-state index contributed by atoms with van der Waals surface area (Å²) < 4.78 is 40.6. The molecule has 0 saturated carbocycles. The Hall–Kier alpha value is -2.35. The van der Waals surface area contributed by atoms with Gasteiger partial charge in [-0.1, -0.05) is 17.7 Å². The van der Waals surface area contributed by atoms with E-state index in [9.17, 15) is 18.0 Å². The van der Waals surface area contributed by atoms with Crippen molar-refractivity contribution in [3.8, 4) is 5.69 Å². The third-order valence-corrected chi connectivity index (χ3v) is 2.87. The fraction of sp³-hybridized carbons (Fsp3) is 0.286. The molecule has 2 rings (SSSR count). The maximum absolute atomic E-state index is 13.3. The number of carbonyl (C=O) groups excluding carboxylic acids is 1. The second kappa shape index (κ2) is 6.18. The van der Waals surface area contributed by atoms with Crippen LogP contribution in [-0.4, -0.2) is 22.3 Å². The van der Waals surface area contributed by atoms with Crippen LogP contribution in [0.15, 0.2) is 30.5 Å². The van der Waals surface area contributed by atoms with E-state index >= 15 is 0 Å². The first-order chi connectivity index (χ1) is 10.3. The van der Waals surface area contributed by atoms with E-state index in [0.717, 1.165) is 11.8 Å². The minimum atomic E-state index is -4.74. The van der Waals surface area contributed by atoms with Gasteiger partial charge in [-0.05, 0) is 26.0 Å². The summed E-state index contributed by atoms with van der Waals surface area (Å²) in [6.07, 6.45) is -3.86. The van der Waals surface area contributed by atoms with Gasteiger partial charge in [-0.25, -0.2) is 10.2 Å². The summed E-state index contributed by atoms with van der Waals surface area (Å²) in [7, 11) is 0. The molecule has 1 amide bonds. The molecular weight excluding hydrogens is 299 g/mol. The topological polar surface area (TPSA) is 56.1 Å². The van der Waals surface area contributed by atoms with Crippen LogP contribution >= 0.6 is 0 Å². The van der Waals surface area contributed by atoms with Crippen molar-refractivity contribution in [3.05, 3.63) is 47.3 Å². The molecule has 8 heteroatoms. The maximum Gasteiger partial charge on any atom is 0.434 e. The summed E-state index contributed by atoms with van der Waals surface area (Å²) in [6, 6.07) is 6.33. The van der Waals surface area contributed by atoms with Crippen LogP contribution in [0.1, 0.15) is 28.5 Å². The molecule has 0 unspecified atom stereocenters. The predicted molar refractivity (Wildman–Crippen MR) is 72.4 cm³/mol. The van der Waals surface area contributed by atoms with Crippen molar-refractivity contribution in [3.63, 3.8) is 0 Å². The number of halogens is 3. The third kappa shape index (κ3) is 3.28. The van der Waals surface area contributed by atoms with Gasteiger partial charge in [0.15, 0.2) is 5.69 Å². The second-order valence-electron chi connectivity index (χ2n) is 4.52. The SMILES string of the molecule is CCONC(=O)c1cnn(-c2ccc(C)cc2)c1C(F)(F)F. The van der Waals surface area contributed by atoms with Crippen LogP contribution < -0.4 is 5.48 Å². The van der Waals surface area contributed by atoms with Crippen molar-refractivity contribution in [2.75, 3.05) is 6.61 Å². The van der Waals surface area contributed by atoms with E-state index in [1.54, 1.807) is 19.1 Å². The lowest BCUT2D eigenvalue weighted by Gasteiger charge is -2.12. The van der Waals surface area contributed by atoms with Gasteiger partial charge in [0, 0.05) is 0 Å².